The van der Waals surface area contributed by atoms with Crippen LogP contribution in [-0.4, -0.2) is 41.6 Å². The number of imidazole rings is 1. The van der Waals surface area contributed by atoms with E-state index in [-0.39, 0.29) is 5.70 Å². The standard InChI is InChI=1S/C23H25F3N6O/c1-5-20-29-13-19(15-6-8-16(9-7-15)23(24,25)26)32(20)14-18(27)22(33)31(4)17-10-11-21(28-12-17)30(2)3/h6-14H,5,27H2,1-4H3/b18-14-. The van der Waals surface area contributed by atoms with Crippen LogP contribution in [0.1, 0.15) is 18.3 Å². The number of alkyl halides is 3. The number of aryl methyl sites for hydroxylation is 1. The van der Waals surface area contributed by atoms with Crippen molar-refractivity contribution in [2.75, 3.05) is 30.9 Å². The first-order valence-corrected chi connectivity index (χ1v) is 10.1. The second-order valence-electron chi connectivity index (χ2n) is 7.58. The van der Waals surface area contributed by atoms with Gasteiger partial charge in [0.2, 0.25) is 0 Å². The quantitative estimate of drug-likeness (QED) is 0.565. The van der Waals surface area contributed by atoms with Crippen molar-refractivity contribution in [2.45, 2.75) is 19.5 Å². The van der Waals surface area contributed by atoms with Gasteiger partial charge in [-0.2, -0.15) is 13.2 Å². The highest BCUT2D eigenvalue weighted by molar-refractivity contribution is 6.06. The number of amides is 1. The summed E-state index contributed by atoms with van der Waals surface area (Å²) in [6, 6.07) is 8.30. The van der Waals surface area contributed by atoms with Crippen LogP contribution >= 0.6 is 0 Å². The van der Waals surface area contributed by atoms with Crippen molar-refractivity contribution in [3.63, 3.8) is 0 Å². The molecule has 0 bridgehead atoms. The Morgan fingerprint density at radius 2 is 1.73 bits per heavy atom. The first-order chi connectivity index (χ1) is 15.5. The van der Waals surface area contributed by atoms with E-state index in [2.05, 4.69) is 9.97 Å². The lowest BCUT2D eigenvalue weighted by Crippen LogP contribution is -2.31. The fraction of sp³-hybridized carbons (Fsp3) is 0.261. The van der Waals surface area contributed by atoms with Crippen LogP contribution in [0.2, 0.25) is 0 Å². The summed E-state index contributed by atoms with van der Waals surface area (Å²) in [5.74, 6) is 0.902. The number of hydrogen-bond donors (Lipinski definition) is 1. The van der Waals surface area contributed by atoms with E-state index >= 15 is 0 Å². The Kier molecular flexibility index (Phi) is 6.75. The second kappa shape index (κ2) is 9.35. The van der Waals surface area contributed by atoms with Crippen LogP contribution in [0.15, 0.2) is 54.5 Å². The number of anilines is 2. The number of carbonyl (C=O) groups is 1. The molecular weight excluding hydrogens is 433 g/mol. The molecule has 3 rings (SSSR count). The van der Waals surface area contributed by atoms with Crippen molar-refractivity contribution in [3.05, 3.63) is 65.9 Å². The number of halogens is 3. The SMILES string of the molecule is CCc1ncc(-c2ccc(C(F)(F)F)cc2)n1/C=C(\N)C(=O)N(C)c1ccc(N(C)C)nc1. The summed E-state index contributed by atoms with van der Waals surface area (Å²) in [4.78, 5) is 24.8. The number of carbonyl (C=O) groups excluding carboxylic acids is 1. The van der Waals surface area contributed by atoms with Crippen LogP contribution in [-0.2, 0) is 17.4 Å². The maximum atomic E-state index is 12.9. The Hall–Kier alpha value is -3.82. The molecule has 1 amide bonds. The lowest BCUT2D eigenvalue weighted by Gasteiger charge is -2.19. The highest BCUT2D eigenvalue weighted by atomic mass is 19.4. The van der Waals surface area contributed by atoms with E-state index in [9.17, 15) is 18.0 Å². The Labute approximate surface area is 190 Å². The molecule has 0 aliphatic heterocycles. The molecule has 1 aromatic carbocycles. The Balaban J connectivity index is 1.91. The van der Waals surface area contributed by atoms with Gasteiger partial charge in [-0.15, -0.1) is 0 Å². The van der Waals surface area contributed by atoms with Crippen molar-refractivity contribution in [3.8, 4) is 11.3 Å². The molecule has 7 nitrogen and oxygen atoms in total. The number of nitrogens with zero attached hydrogens (tertiary/aromatic N) is 5. The normalized spacial score (nSPS) is 12.0. The van der Waals surface area contributed by atoms with Crippen LogP contribution in [0.5, 0.6) is 0 Å². The zero-order valence-corrected chi connectivity index (χ0v) is 18.8. The summed E-state index contributed by atoms with van der Waals surface area (Å²) in [6.45, 7) is 1.88. The molecule has 0 radical (unpaired) electrons. The van der Waals surface area contributed by atoms with Gasteiger partial charge in [-0.25, -0.2) is 9.97 Å². The number of likely N-dealkylation sites (N-methyl/N-ethyl adjacent to an activating group) is 1. The molecule has 0 aliphatic rings. The largest absolute Gasteiger partial charge is 0.416 e. The molecule has 0 atom stereocenters. The molecule has 2 N–H and O–H groups in total. The van der Waals surface area contributed by atoms with E-state index in [1.807, 2.05) is 25.9 Å². The molecule has 0 fully saturated rings. The van der Waals surface area contributed by atoms with Crippen LogP contribution < -0.4 is 15.5 Å². The number of rotatable bonds is 6. The molecule has 174 valence electrons. The maximum Gasteiger partial charge on any atom is 0.416 e. The van der Waals surface area contributed by atoms with Gasteiger partial charge in [-0.3, -0.25) is 4.79 Å². The topological polar surface area (TPSA) is 80.3 Å². The smallest absolute Gasteiger partial charge is 0.393 e. The summed E-state index contributed by atoms with van der Waals surface area (Å²) in [6.07, 6.45) is 0.671. The second-order valence-corrected chi connectivity index (χ2v) is 7.58. The highest BCUT2D eigenvalue weighted by Gasteiger charge is 2.30. The van der Waals surface area contributed by atoms with Gasteiger partial charge >= 0.3 is 6.18 Å². The zero-order chi connectivity index (χ0) is 24.3. The number of pyridine rings is 1. The third-order valence-electron chi connectivity index (χ3n) is 5.10. The molecule has 33 heavy (non-hydrogen) atoms. The van der Waals surface area contributed by atoms with Crippen LogP contribution in [0, 0.1) is 0 Å². The van der Waals surface area contributed by atoms with Gasteiger partial charge in [0.1, 0.15) is 17.3 Å². The number of nitrogens with two attached hydrogens (primary N) is 1. The van der Waals surface area contributed by atoms with Gasteiger partial charge < -0.3 is 20.1 Å². The molecule has 0 unspecified atom stereocenters. The number of hydrogen-bond acceptors (Lipinski definition) is 5. The van der Waals surface area contributed by atoms with Gasteiger partial charge in [0.15, 0.2) is 0 Å². The average molecular weight is 458 g/mol. The molecular formula is C23H25F3N6O. The first kappa shape index (κ1) is 23.8. The predicted octanol–water partition coefficient (Wildman–Crippen LogP) is 4.01. The fourth-order valence-electron chi connectivity index (χ4n) is 3.19. The molecule has 0 aliphatic carbocycles. The van der Waals surface area contributed by atoms with E-state index in [0.717, 1.165) is 18.0 Å². The van der Waals surface area contributed by atoms with Crippen LogP contribution in [0.4, 0.5) is 24.7 Å². The van der Waals surface area contributed by atoms with Crippen LogP contribution in [0.25, 0.3) is 17.5 Å². The summed E-state index contributed by atoms with van der Waals surface area (Å²) in [7, 11) is 5.31. The van der Waals surface area contributed by atoms with E-state index in [0.29, 0.717) is 29.2 Å². The third kappa shape index (κ3) is 5.16. The molecule has 0 spiro atoms. The van der Waals surface area contributed by atoms with Crippen LogP contribution in [0.3, 0.4) is 0 Å². The number of benzene rings is 1. The summed E-state index contributed by atoms with van der Waals surface area (Å²) < 4.78 is 40.3. The van der Waals surface area contributed by atoms with Gasteiger partial charge in [-0.1, -0.05) is 19.1 Å². The van der Waals surface area contributed by atoms with E-state index in [1.165, 1.54) is 23.2 Å². The minimum absolute atomic E-state index is 0.0601. The van der Waals surface area contributed by atoms with E-state index in [1.54, 1.807) is 36.1 Å². The monoisotopic (exact) mass is 458 g/mol. The minimum Gasteiger partial charge on any atom is -0.393 e. The molecule has 2 heterocycles. The van der Waals surface area contributed by atoms with Gasteiger partial charge in [0.25, 0.3) is 5.91 Å². The van der Waals surface area contributed by atoms with Gasteiger partial charge in [-0.05, 0) is 24.3 Å². The predicted molar refractivity (Wildman–Crippen MR) is 122 cm³/mol. The van der Waals surface area contributed by atoms with E-state index in [4.69, 9.17) is 5.73 Å². The Bertz CT molecular complexity index is 1150. The highest BCUT2D eigenvalue weighted by Crippen LogP contribution is 2.31. The van der Waals surface area contributed by atoms with Crippen molar-refractivity contribution < 1.29 is 18.0 Å². The summed E-state index contributed by atoms with van der Waals surface area (Å²) in [5.41, 5.74) is 6.92. The number of aromatic nitrogens is 3. The molecule has 0 saturated heterocycles. The van der Waals surface area contributed by atoms with Crippen molar-refractivity contribution in [1.29, 1.82) is 0 Å². The third-order valence-corrected chi connectivity index (χ3v) is 5.10. The zero-order valence-electron chi connectivity index (χ0n) is 18.8. The van der Waals surface area contributed by atoms with Crippen molar-refractivity contribution in [1.82, 2.24) is 14.5 Å². The average Bonchev–Trinajstić information content (AvgIpc) is 3.20. The Morgan fingerprint density at radius 1 is 1.06 bits per heavy atom. The minimum atomic E-state index is -4.42. The first-order valence-electron chi connectivity index (χ1n) is 10.1. The Morgan fingerprint density at radius 3 is 2.24 bits per heavy atom. The van der Waals surface area contributed by atoms with E-state index < -0.39 is 17.6 Å². The lowest BCUT2D eigenvalue weighted by atomic mass is 10.1. The maximum absolute atomic E-state index is 12.9. The molecule has 10 heteroatoms. The fourth-order valence-corrected chi connectivity index (χ4v) is 3.19. The van der Waals surface area contributed by atoms with Gasteiger partial charge in [0.05, 0.1) is 29.3 Å². The van der Waals surface area contributed by atoms with Crippen molar-refractivity contribution >= 4 is 23.6 Å². The summed E-state index contributed by atoms with van der Waals surface area (Å²) >= 11 is 0. The lowest BCUT2D eigenvalue weighted by molar-refractivity contribution is -0.137. The summed E-state index contributed by atoms with van der Waals surface area (Å²) in [5, 5.41) is 0. The molecule has 2 aromatic heterocycles. The van der Waals surface area contributed by atoms with Gasteiger partial charge in [0, 0.05) is 39.3 Å². The molecule has 3 aromatic rings. The molecule has 0 saturated carbocycles. The van der Waals surface area contributed by atoms with Crippen molar-refractivity contribution in [2.24, 2.45) is 5.73 Å².